The van der Waals surface area contributed by atoms with E-state index in [0.717, 1.165) is 35.6 Å². The van der Waals surface area contributed by atoms with Crippen LogP contribution in [-0.4, -0.2) is 25.2 Å². The van der Waals surface area contributed by atoms with Crippen molar-refractivity contribution in [1.82, 2.24) is 4.31 Å². The molecule has 4 nitrogen and oxygen atoms in total. The Bertz CT molecular complexity index is 633. The van der Waals surface area contributed by atoms with Gasteiger partial charge in [0.2, 0.25) is 5.91 Å². The molecule has 0 N–H and O–H groups in total. The standard InChI is InChI=1S/C16H21NO3S/c18-16-11-6-12-17(16)21(19,20)15-10-5-4-9-14(15)13-7-2-1-3-8-13/h4-5,9-10,13H,1-3,6-8,11-12H2. The molecule has 2 aliphatic rings. The summed E-state index contributed by atoms with van der Waals surface area (Å²) in [5, 5.41) is 0. The summed E-state index contributed by atoms with van der Waals surface area (Å²) in [6.45, 7) is 0.320. The van der Waals surface area contributed by atoms with Crippen LogP contribution in [-0.2, 0) is 14.8 Å². The lowest BCUT2D eigenvalue weighted by Crippen LogP contribution is -2.32. The van der Waals surface area contributed by atoms with Crippen molar-refractivity contribution in [2.75, 3.05) is 6.54 Å². The number of amides is 1. The molecule has 1 aromatic rings. The van der Waals surface area contributed by atoms with Crippen molar-refractivity contribution in [2.24, 2.45) is 0 Å². The summed E-state index contributed by atoms with van der Waals surface area (Å²) in [4.78, 5) is 12.2. The largest absolute Gasteiger partial charge is 0.274 e. The summed E-state index contributed by atoms with van der Waals surface area (Å²) >= 11 is 0. The zero-order chi connectivity index (χ0) is 14.9. The summed E-state index contributed by atoms with van der Waals surface area (Å²) in [6.07, 6.45) is 6.59. The van der Waals surface area contributed by atoms with Gasteiger partial charge in [0.05, 0.1) is 4.90 Å². The predicted molar refractivity (Wildman–Crippen MR) is 80.4 cm³/mol. The molecular formula is C16H21NO3S. The molecule has 114 valence electrons. The highest BCUT2D eigenvalue weighted by Crippen LogP contribution is 2.37. The van der Waals surface area contributed by atoms with Crippen molar-refractivity contribution in [3.63, 3.8) is 0 Å². The third kappa shape index (κ3) is 2.71. The normalized spacial score (nSPS) is 21.0. The van der Waals surface area contributed by atoms with E-state index in [0.29, 0.717) is 30.2 Å². The van der Waals surface area contributed by atoms with Crippen molar-refractivity contribution in [3.05, 3.63) is 29.8 Å². The molecule has 1 aliphatic heterocycles. The topological polar surface area (TPSA) is 54.5 Å². The van der Waals surface area contributed by atoms with Gasteiger partial charge in [0, 0.05) is 13.0 Å². The predicted octanol–water partition coefficient (Wildman–Crippen LogP) is 3.05. The molecule has 1 aromatic carbocycles. The van der Waals surface area contributed by atoms with E-state index in [4.69, 9.17) is 0 Å². The zero-order valence-electron chi connectivity index (χ0n) is 12.1. The molecule has 0 bridgehead atoms. The molecule has 0 spiro atoms. The first kappa shape index (κ1) is 14.6. The molecule has 0 radical (unpaired) electrons. The minimum Gasteiger partial charge on any atom is -0.274 e. The first-order valence-electron chi connectivity index (χ1n) is 7.75. The molecule has 1 aliphatic carbocycles. The number of rotatable bonds is 3. The van der Waals surface area contributed by atoms with E-state index in [9.17, 15) is 13.2 Å². The fraction of sp³-hybridized carbons (Fsp3) is 0.562. The van der Waals surface area contributed by atoms with Crippen LogP contribution in [0.4, 0.5) is 0 Å². The second-order valence-corrected chi connectivity index (χ2v) is 7.78. The molecule has 21 heavy (non-hydrogen) atoms. The van der Waals surface area contributed by atoms with Crippen LogP contribution in [0.25, 0.3) is 0 Å². The molecule has 0 unspecified atom stereocenters. The van der Waals surface area contributed by atoms with Gasteiger partial charge in [-0.25, -0.2) is 12.7 Å². The smallest absolute Gasteiger partial charge is 0.266 e. The van der Waals surface area contributed by atoms with E-state index in [2.05, 4.69) is 0 Å². The number of carbonyl (C=O) groups is 1. The minimum absolute atomic E-state index is 0.270. The fourth-order valence-corrected chi connectivity index (χ4v) is 5.21. The number of benzene rings is 1. The second-order valence-electron chi connectivity index (χ2n) is 5.95. The van der Waals surface area contributed by atoms with Gasteiger partial charge in [-0.15, -0.1) is 0 Å². The first-order chi connectivity index (χ1) is 10.1. The van der Waals surface area contributed by atoms with Crippen LogP contribution in [0.3, 0.4) is 0 Å². The van der Waals surface area contributed by atoms with E-state index in [1.54, 1.807) is 12.1 Å². The third-order valence-electron chi connectivity index (χ3n) is 4.56. The van der Waals surface area contributed by atoms with Gasteiger partial charge >= 0.3 is 0 Å². The summed E-state index contributed by atoms with van der Waals surface area (Å²) in [7, 11) is -3.68. The Labute approximate surface area is 126 Å². The van der Waals surface area contributed by atoms with E-state index < -0.39 is 10.0 Å². The first-order valence-corrected chi connectivity index (χ1v) is 9.19. The maximum atomic E-state index is 12.8. The molecule has 0 atom stereocenters. The number of hydrogen-bond donors (Lipinski definition) is 0. The Hall–Kier alpha value is -1.36. The summed E-state index contributed by atoms with van der Waals surface area (Å²) in [5.41, 5.74) is 0.900. The summed E-state index contributed by atoms with van der Waals surface area (Å²) in [5.74, 6) is 0.0378. The SMILES string of the molecule is O=C1CCCN1S(=O)(=O)c1ccccc1C1CCCCC1. The van der Waals surface area contributed by atoms with Gasteiger partial charge in [0.15, 0.2) is 0 Å². The van der Waals surface area contributed by atoms with Crippen molar-refractivity contribution < 1.29 is 13.2 Å². The molecule has 5 heteroatoms. The Morgan fingerprint density at radius 2 is 1.71 bits per heavy atom. The Morgan fingerprint density at radius 3 is 2.38 bits per heavy atom. The van der Waals surface area contributed by atoms with Gasteiger partial charge in [0.25, 0.3) is 10.0 Å². The molecule has 1 amide bonds. The lowest BCUT2D eigenvalue weighted by molar-refractivity contribution is -0.123. The van der Waals surface area contributed by atoms with E-state index in [1.165, 1.54) is 6.42 Å². The van der Waals surface area contributed by atoms with Crippen LogP contribution < -0.4 is 0 Å². The van der Waals surface area contributed by atoms with E-state index in [-0.39, 0.29) is 5.91 Å². The number of hydrogen-bond acceptors (Lipinski definition) is 3. The average Bonchev–Trinajstić information content (AvgIpc) is 2.95. The molecule has 0 aromatic heterocycles. The molecule has 1 heterocycles. The number of carbonyl (C=O) groups excluding carboxylic acids is 1. The van der Waals surface area contributed by atoms with Crippen LogP contribution in [0.15, 0.2) is 29.2 Å². The van der Waals surface area contributed by atoms with Crippen molar-refractivity contribution in [1.29, 1.82) is 0 Å². The van der Waals surface area contributed by atoms with Crippen LogP contribution in [0.2, 0.25) is 0 Å². The van der Waals surface area contributed by atoms with Crippen molar-refractivity contribution >= 4 is 15.9 Å². The van der Waals surface area contributed by atoms with Crippen molar-refractivity contribution in [2.45, 2.75) is 55.8 Å². The maximum absolute atomic E-state index is 12.8. The lowest BCUT2D eigenvalue weighted by Gasteiger charge is -2.25. The lowest BCUT2D eigenvalue weighted by atomic mass is 9.84. The highest BCUT2D eigenvalue weighted by atomic mass is 32.2. The Balaban J connectivity index is 2.00. The average molecular weight is 307 g/mol. The second kappa shape index (κ2) is 5.79. The highest BCUT2D eigenvalue weighted by molar-refractivity contribution is 7.89. The van der Waals surface area contributed by atoms with Crippen LogP contribution >= 0.6 is 0 Å². The highest BCUT2D eigenvalue weighted by Gasteiger charge is 2.35. The van der Waals surface area contributed by atoms with E-state index in [1.807, 2.05) is 12.1 Å². The van der Waals surface area contributed by atoms with Crippen LogP contribution in [0.5, 0.6) is 0 Å². The summed E-state index contributed by atoms with van der Waals surface area (Å²) < 4.78 is 26.7. The molecule has 2 fully saturated rings. The van der Waals surface area contributed by atoms with Gasteiger partial charge in [-0.2, -0.15) is 0 Å². The molecule has 1 saturated heterocycles. The van der Waals surface area contributed by atoms with Gasteiger partial charge in [-0.3, -0.25) is 4.79 Å². The third-order valence-corrected chi connectivity index (χ3v) is 6.46. The Morgan fingerprint density at radius 1 is 1.00 bits per heavy atom. The van der Waals surface area contributed by atoms with E-state index >= 15 is 0 Å². The molecule has 3 rings (SSSR count). The maximum Gasteiger partial charge on any atom is 0.266 e. The molecule has 1 saturated carbocycles. The Kier molecular flexibility index (Phi) is 4.02. The van der Waals surface area contributed by atoms with Crippen LogP contribution in [0, 0.1) is 0 Å². The van der Waals surface area contributed by atoms with Crippen molar-refractivity contribution in [3.8, 4) is 0 Å². The quantitative estimate of drug-likeness (QED) is 0.862. The van der Waals surface area contributed by atoms with Gasteiger partial charge in [0.1, 0.15) is 0 Å². The van der Waals surface area contributed by atoms with Gasteiger partial charge < -0.3 is 0 Å². The monoisotopic (exact) mass is 307 g/mol. The summed E-state index contributed by atoms with van der Waals surface area (Å²) in [6, 6.07) is 7.23. The fourth-order valence-electron chi connectivity index (χ4n) is 3.46. The van der Waals surface area contributed by atoms with Crippen LogP contribution in [0.1, 0.15) is 56.4 Å². The minimum atomic E-state index is -3.68. The molecular weight excluding hydrogens is 286 g/mol. The van der Waals surface area contributed by atoms with Gasteiger partial charge in [-0.05, 0) is 36.8 Å². The zero-order valence-corrected chi connectivity index (χ0v) is 12.9. The number of nitrogens with zero attached hydrogens (tertiary/aromatic N) is 1. The number of sulfonamides is 1. The van der Waals surface area contributed by atoms with Gasteiger partial charge in [-0.1, -0.05) is 37.5 Å².